The number of aryl methyl sites for hydroxylation is 1. The first-order valence-electron chi connectivity index (χ1n) is 7.05. The van der Waals surface area contributed by atoms with Gasteiger partial charge >= 0.3 is 5.97 Å². The zero-order chi connectivity index (χ0) is 17.0. The molecule has 0 aliphatic rings. The van der Waals surface area contributed by atoms with Crippen LogP contribution in [0.4, 0.5) is 0 Å². The molecule has 0 bridgehead atoms. The molecule has 23 heavy (non-hydrogen) atoms. The molecule has 0 N–H and O–H groups in total. The average Bonchev–Trinajstić information content (AvgIpc) is 2.56. The molecule has 0 atom stereocenters. The van der Waals surface area contributed by atoms with Crippen LogP contribution in [0.5, 0.6) is 0 Å². The summed E-state index contributed by atoms with van der Waals surface area (Å²) in [5, 5.41) is 0. The van der Waals surface area contributed by atoms with Crippen molar-refractivity contribution >= 4 is 16.0 Å². The maximum atomic E-state index is 12.6. The number of esters is 1. The summed E-state index contributed by atoms with van der Waals surface area (Å²) in [6, 6.07) is 13.5. The molecule has 0 aliphatic heterocycles. The van der Waals surface area contributed by atoms with Crippen molar-refractivity contribution in [2.75, 3.05) is 14.2 Å². The van der Waals surface area contributed by atoms with Crippen LogP contribution in [0.1, 0.15) is 21.5 Å². The number of benzene rings is 2. The Bertz CT molecular complexity index is 798. The van der Waals surface area contributed by atoms with E-state index in [0.29, 0.717) is 0 Å². The highest BCUT2D eigenvalue weighted by Gasteiger charge is 2.22. The van der Waals surface area contributed by atoms with Gasteiger partial charge in [-0.3, -0.25) is 0 Å². The number of sulfonamides is 1. The Kier molecular flexibility index (Phi) is 5.18. The van der Waals surface area contributed by atoms with Crippen LogP contribution in [0.25, 0.3) is 0 Å². The van der Waals surface area contributed by atoms with Gasteiger partial charge in [0.15, 0.2) is 0 Å². The predicted octanol–water partition coefficient (Wildman–Crippen LogP) is 2.60. The van der Waals surface area contributed by atoms with Crippen LogP contribution in [0.15, 0.2) is 53.4 Å². The number of hydrogen-bond acceptors (Lipinski definition) is 4. The fourth-order valence-electron chi connectivity index (χ4n) is 2.12. The van der Waals surface area contributed by atoms with E-state index in [1.54, 1.807) is 0 Å². The van der Waals surface area contributed by atoms with Crippen LogP contribution in [0, 0.1) is 6.92 Å². The first kappa shape index (κ1) is 17.2. The number of carbonyl (C=O) groups excluding carboxylic acids is 1. The molecule has 2 aromatic carbocycles. The van der Waals surface area contributed by atoms with Gasteiger partial charge in [-0.25, -0.2) is 13.2 Å². The highest BCUT2D eigenvalue weighted by molar-refractivity contribution is 7.89. The van der Waals surface area contributed by atoms with Crippen LogP contribution in [-0.4, -0.2) is 32.8 Å². The van der Waals surface area contributed by atoms with Crippen molar-refractivity contribution in [3.05, 3.63) is 65.2 Å². The first-order chi connectivity index (χ1) is 10.8. The monoisotopic (exact) mass is 333 g/mol. The lowest BCUT2D eigenvalue weighted by atomic mass is 10.1. The van der Waals surface area contributed by atoms with Gasteiger partial charge in [-0.05, 0) is 30.7 Å². The van der Waals surface area contributed by atoms with Gasteiger partial charge in [0, 0.05) is 13.6 Å². The Morgan fingerprint density at radius 1 is 1.13 bits per heavy atom. The Morgan fingerprint density at radius 2 is 1.78 bits per heavy atom. The van der Waals surface area contributed by atoms with E-state index in [1.165, 1.54) is 42.7 Å². The summed E-state index contributed by atoms with van der Waals surface area (Å²) in [4.78, 5) is 11.6. The van der Waals surface area contributed by atoms with Gasteiger partial charge in [-0.2, -0.15) is 4.31 Å². The Labute approximate surface area is 136 Å². The lowest BCUT2D eigenvalue weighted by Crippen LogP contribution is -2.26. The quantitative estimate of drug-likeness (QED) is 0.789. The summed E-state index contributed by atoms with van der Waals surface area (Å²) in [5.41, 5.74) is 2.22. The third-order valence-corrected chi connectivity index (χ3v) is 5.29. The van der Waals surface area contributed by atoms with E-state index in [-0.39, 0.29) is 17.0 Å². The molecule has 6 heteroatoms. The number of carbonyl (C=O) groups is 1. The van der Waals surface area contributed by atoms with Crippen LogP contribution < -0.4 is 0 Å². The van der Waals surface area contributed by atoms with Crippen LogP contribution in [-0.2, 0) is 21.3 Å². The van der Waals surface area contributed by atoms with E-state index in [9.17, 15) is 13.2 Å². The normalized spacial score (nSPS) is 11.5. The molecular formula is C17H19NO4S. The second-order valence-electron chi connectivity index (χ2n) is 5.27. The highest BCUT2D eigenvalue weighted by atomic mass is 32.2. The molecule has 0 fully saturated rings. The maximum Gasteiger partial charge on any atom is 0.337 e. The molecule has 0 radical (unpaired) electrons. The summed E-state index contributed by atoms with van der Waals surface area (Å²) >= 11 is 0. The number of methoxy groups -OCH3 is 1. The van der Waals surface area contributed by atoms with Gasteiger partial charge in [-0.15, -0.1) is 0 Å². The summed E-state index contributed by atoms with van der Waals surface area (Å²) in [6.45, 7) is 2.23. The Morgan fingerprint density at radius 3 is 2.39 bits per heavy atom. The Hall–Kier alpha value is -2.18. The average molecular weight is 333 g/mol. The topological polar surface area (TPSA) is 63.7 Å². The number of rotatable bonds is 5. The van der Waals surface area contributed by atoms with Crippen molar-refractivity contribution < 1.29 is 17.9 Å². The van der Waals surface area contributed by atoms with Crippen molar-refractivity contribution in [1.82, 2.24) is 4.31 Å². The van der Waals surface area contributed by atoms with E-state index in [1.807, 2.05) is 31.2 Å². The van der Waals surface area contributed by atoms with E-state index >= 15 is 0 Å². The number of nitrogens with zero attached hydrogens (tertiary/aromatic N) is 1. The minimum Gasteiger partial charge on any atom is -0.465 e. The van der Waals surface area contributed by atoms with Gasteiger partial charge in [0.05, 0.1) is 17.6 Å². The largest absolute Gasteiger partial charge is 0.465 e. The van der Waals surface area contributed by atoms with Crippen molar-refractivity contribution in [3.8, 4) is 0 Å². The molecule has 2 aromatic rings. The predicted molar refractivity (Wildman–Crippen MR) is 87.6 cm³/mol. The van der Waals surface area contributed by atoms with Gasteiger partial charge in [-0.1, -0.05) is 35.9 Å². The Balaban J connectivity index is 2.26. The zero-order valence-corrected chi connectivity index (χ0v) is 14.1. The fraction of sp³-hybridized carbons (Fsp3) is 0.235. The summed E-state index contributed by atoms with van der Waals surface area (Å²) in [5.74, 6) is -0.566. The lowest BCUT2D eigenvalue weighted by Gasteiger charge is -2.17. The summed E-state index contributed by atoms with van der Waals surface area (Å²) in [6.07, 6.45) is 0. The molecule has 2 rings (SSSR count). The first-order valence-corrected chi connectivity index (χ1v) is 8.49. The molecule has 5 nitrogen and oxygen atoms in total. The van der Waals surface area contributed by atoms with Gasteiger partial charge in [0.25, 0.3) is 0 Å². The summed E-state index contributed by atoms with van der Waals surface area (Å²) in [7, 11) is -0.915. The molecule has 0 aromatic heterocycles. The second kappa shape index (κ2) is 6.93. The van der Waals surface area contributed by atoms with Crippen molar-refractivity contribution in [3.63, 3.8) is 0 Å². The SMILES string of the molecule is COC(=O)c1cccc(S(=O)(=O)N(C)Cc2ccc(C)cc2)c1. The second-order valence-corrected chi connectivity index (χ2v) is 7.31. The molecule has 0 unspecified atom stereocenters. The van der Waals surface area contributed by atoms with E-state index in [0.717, 1.165) is 11.1 Å². The molecule has 0 aliphatic carbocycles. The maximum absolute atomic E-state index is 12.6. The number of hydrogen-bond donors (Lipinski definition) is 0. The molecule has 0 saturated heterocycles. The molecule has 0 spiro atoms. The minimum atomic E-state index is -3.69. The van der Waals surface area contributed by atoms with E-state index < -0.39 is 16.0 Å². The van der Waals surface area contributed by atoms with Crippen LogP contribution >= 0.6 is 0 Å². The van der Waals surface area contributed by atoms with Gasteiger partial charge in [0.2, 0.25) is 10.0 Å². The smallest absolute Gasteiger partial charge is 0.337 e. The fourth-order valence-corrected chi connectivity index (χ4v) is 3.32. The molecule has 0 amide bonds. The van der Waals surface area contributed by atoms with E-state index in [2.05, 4.69) is 4.74 Å². The molecule has 0 saturated carbocycles. The summed E-state index contributed by atoms with van der Waals surface area (Å²) < 4.78 is 31.2. The van der Waals surface area contributed by atoms with Gasteiger partial charge in [0.1, 0.15) is 0 Å². The molecule has 0 heterocycles. The van der Waals surface area contributed by atoms with E-state index in [4.69, 9.17) is 0 Å². The van der Waals surface area contributed by atoms with Crippen molar-refractivity contribution in [2.45, 2.75) is 18.4 Å². The standard InChI is InChI=1S/C17H19NO4S/c1-13-7-9-14(10-8-13)12-18(2)23(20,21)16-6-4-5-15(11-16)17(19)22-3/h4-11H,12H2,1-3H3. The minimum absolute atomic E-state index is 0.0648. The molecular weight excluding hydrogens is 314 g/mol. The zero-order valence-electron chi connectivity index (χ0n) is 13.3. The van der Waals surface area contributed by atoms with Crippen LogP contribution in [0.3, 0.4) is 0 Å². The van der Waals surface area contributed by atoms with Crippen molar-refractivity contribution in [1.29, 1.82) is 0 Å². The highest BCUT2D eigenvalue weighted by Crippen LogP contribution is 2.18. The van der Waals surface area contributed by atoms with Crippen molar-refractivity contribution in [2.24, 2.45) is 0 Å². The number of ether oxygens (including phenoxy) is 1. The van der Waals surface area contributed by atoms with Crippen LogP contribution in [0.2, 0.25) is 0 Å². The molecule has 122 valence electrons. The van der Waals surface area contributed by atoms with Gasteiger partial charge < -0.3 is 4.74 Å². The third kappa shape index (κ3) is 3.97. The lowest BCUT2D eigenvalue weighted by molar-refractivity contribution is 0.0600. The third-order valence-electron chi connectivity index (χ3n) is 3.49.